The first-order valence-corrected chi connectivity index (χ1v) is 6.32. The molecule has 0 radical (unpaired) electrons. The second-order valence-corrected chi connectivity index (χ2v) is 4.72. The van der Waals surface area contributed by atoms with Crippen LogP contribution in [-0.4, -0.2) is 13.1 Å². The Morgan fingerprint density at radius 1 is 1.29 bits per heavy atom. The third kappa shape index (κ3) is 2.83. The zero-order valence-electron chi connectivity index (χ0n) is 10.2. The molecule has 0 bridgehead atoms. The number of nitrogens with one attached hydrogen (secondary N) is 1. The number of halogens is 2. The summed E-state index contributed by atoms with van der Waals surface area (Å²) in [6.45, 7) is 3.55. The largest absolute Gasteiger partial charge is 0.316 e. The highest BCUT2D eigenvalue weighted by molar-refractivity contribution is 5.28. The van der Waals surface area contributed by atoms with E-state index in [1.165, 1.54) is 12.5 Å². The molecule has 2 rings (SSSR count). The smallest absolute Gasteiger partial charge is 0.273 e. The van der Waals surface area contributed by atoms with Crippen LogP contribution in [0.1, 0.15) is 43.2 Å². The topological polar surface area (TPSA) is 12.0 Å². The predicted octanol–water partition coefficient (Wildman–Crippen LogP) is 3.66. The van der Waals surface area contributed by atoms with Crippen molar-refractivity contribution in [2.45, 2.75) is 38.0 Å². The Kier molecular flexibility index (Phi) is 3.77. The molecule has 0 saturated carbocycles. The summed E-state index contributed by atoms with van der Waals surface area (Å²) in [6.07, 6.45) is 2.17. The van der Waals surface area contributed by atoms with Gasteiger partial charge in [0.25, 0.3) is 5.92 Å². The molecule has 1 aliphatic heterocycles. The summed E-state index contributed by atoms with van der Waals surface area (Å²) >= 11 is 0. The fourth-order valence-electron chi connectivity index (χ4n) is 2.34. The lowest BCUT2D eigenvalue weighted by Crippen LogP contribution is -2.28. The molecule has 1 aromatic carbocycles. The van der Waals surface area contributed by atoms with Crippen molar-refractivity contribution in [1.82, 2.24) is 5.32 Å². The van der Waals surface area contributed by atoms with Crippen LogP contribution in [0.15, 0.2) is 24.3 Å². The Balaban J connectivity index is 2.12. The highest BCUT2D eigenvalue weighted by atomic mass is 19.3. The van der Waals surface area contributed by atoms with E-state index in [0.29, 0.717) is 5.92 Å². The Labute approximate surface area is 101 Å². The van der Waals surface area contributed by atoms with Gasteiger partial charge < -0.3 is 5.32 Å². The number of benzene rings is 1. The Morgan fingerprint density at radius 2 is 2.00 bits per heavy atom. The normalized spacial score (nSPS) is 21.5. The van der Waals surface area contributed by atoms with Gasteiger partial charge in [-0.05, 0) is 30.9 Å². The van der Waals surface area contributed by atoms with Crippen LogP contribution in [0.4, 0.5) is 8.78 Å². The van der Waals surface area contributed by atoms with E-state index in [0.717, 1.165) is 25.9 Å². The lowest BCUT2D eigenvalue weighted by molar-refractivity contribution is -0.00830. The van der Waals surface area contributed by atoms with E-state index in [1.807, 2.05) is 12.1 Å². The number of hydrogen-bond donors (Lipinski definition) is 1. The Bertz CT molecular complexity index is 353. The minimum atomic E-state index is -2.69. The van der Waals surface area contributed by atoms with Gasteiger partial charge in [-0.3, -0.25) is 0 Å². The number of piperidine rings is 1. The summed E-state index contributed by atoms with van der Waals surface area (Å²) < 4.78 is 26.9. The number of hydrogen-bond acceptors (Lipinski definition) is 1. The van der Waals surface area contributed by atoms with Gasteiger partial charge in [0.15, 0.2) is 0 Å². The maximum absolute atomic E-state index is 13.4. The lowest BCUT2D eigenvalue weighted by Gasteiger charge is -2.23. The average molecular weight is 239 g/mol. The second-order valence-electron chi connectivity index (χ2n) is 4.72. The molecule has 1 aliphatic rings. The average Bonchev–Trinajstić information content (AvgIpc) is 2.40. The van der Waals surface area contributed by atoms with Crippen molar-refractivity contribution >= 4 is 0 Å². The maximum atomic E-state index is 13.4. The zero-order valence-corrected chi connectivity index (χ0v) is 10.2. The van der Waals surface area contributed by atoms with Gasteiger partial charge in [0.1, 0.15) is 0 Å². The van der Waals surface area contributed by atoms with Crippen molar-refractivity contribution in [3.63, 3.8) is 0 Å². The predicted molar refractivity (Wildman–Crippen MR) is 65.5 cm³/mol. The van der Waals surface area contributed by atoms with E-state index in [-0.39, 0.29) is 12.0 Å². The monoisotopic (exact) mass is 239 g/mol. The first-order valence-electron chi connectivity index (χ1n) is 6.32. The van der Waals surface area contributed by atoms with Gasteiger partial charge in [-0.1, -0.05) is 31.2 Å². The van der Waals surface area contributed by atoms with Gasteiger partial charge in [-0.25, -0.2) is 8.78 Å². The van der Waals surface area contributed by atoms with Crippen LogP contribution in [0, 0.1) is 0 Å². The summed E-state index contributed by atoms with van der Waals surface area (Å²) in [5.74, 6) is -2.21. The van der Waals surface area contributed by atoms with Crippen LogP contribution in [0.3, 0.4) is 0 Å². The van der Waals surface area contributed by atoms with E-state index in [4.69, 9.17) is 0 Å². The molecule has 1 nitrogen and oxygen atoms in total. The van der Waals surface area contributed by atoms with Gasteiger partial charge in [-0.2, -0.15) is 0 Å². The first-order chi connectivity index (χ1) is 8.13. The van der Waals surface area contributed by atoms with E-state index in [2.05, 4.69) is 5.32 Å². The molecule has 1 fully saturated rings. The standard InChI is InChI=1S/C14H19F2N/c1-2-14(15,16)13-7-5-11(6-8-13)12-4-3-9-17-10-12/h5-8,12,17H,2-4,9-10H2,1H3. The SMILES string of the molecule is CCC(F)(F)c1ccc(C2CCCNC2)cc1. The van der Waals surface area contributed by atoms with E-state index < -0.39 is 5.92 Å². The van der Waals surface area contributed by atoms with Crippen molar-refractivity contribution in [1.29, 1.82) is 0 Å². The minimum absolute atomic E-state index is 0.132. The molecular weight excluding hydrogens is 220 g/mol. The van der Waals surface area contributed by atoms with Crippen LogP contribution in [0.25, 0.3) is 0 Å². The fourth-order valence-corrected chi connectivity index (χ4v) is 2.34. The maximum Gasteiger partial charge on any atom is 0.273 e. The molecule has 1 saturated heterocycles. The molecule has 94 valence electrons. The lowest BCUT2D eigenvalue weighted by atomic mass is 9.90. The summed E-state index contributed by atoms with van der Waals surface area (Å²) in [4.78, 5) is 0. The van der Waals surface area contributed by atoms with E-state index in [1.54, 1.807) is 12.1 Å². The summed E-state index contributed by atoms with van der Waals surface area (Å²) in [6, 6.07) is 6.87. The molecule has 1 aromatic rings. The van der Waals surface area contributed by atoms with Gasteiger partial charge in [0.2, 0.25) is 0 Å². The highest BCUT2D eigenvalue weighted by Crippen LogP contribution is 2.32. The zero-order chi connectivity index (χ0) is 12.3. The Hall–Kier alpha value is -0.960. The van der Waals surface area contributed by atoms with Crippen molar-refractivity contribution in [2.24, 2.45) is 0 Å². The third-order valence-electron chi connectivity index (χ3n) is 3.55. The fraction of sp³-hybridized carbons (Fsp3) is 0.571. The number of alkyl halides is 2. The summed E-state index contributed by atoms with van der Waals surface area (Å²) in [7, 11) is 0. The first kappa shape index (κ1) is 12.5. The molecule has 1 heterocycles. The van der Waals surface area contributed by atoms with Gasteiger partial charge in [0.05, 0.1) is 0 Å². The van der Waals surface area contributed by atoms with Crippen LogP contribution in [0.5, 0.6) is 0 Å². The van der Waals surface area contributed by atoms with Crippen LogP contribution < -0.4 is 5.32 Å². The second kappa shape index (κ2) is 5.13. The molecule has 0 amide bonds. The molecule has 17 heavy (non-hydrogen) atoms. The number of rotatable bonds is 3. The van der Waals surface area contributed by atoms with Gasteiger partial charge in [0, 0.05) is 18.5 Å². The molecule has 0 spiro atoms. The van der Waals surface area contributed by atoms with E-state index in [9.17, 15) is 8.78 Å². The van der Waals surface area contributed by atoms with Crippen LogP contribution in [-0.2, 0) is 5.92 Å². The summed E-state index contributed by atoms with van der Waals surface area (Å²) in [5, 5.41) is 3.34. The van der Waals surface area contributed by atoms with Crippen LogP contribution in [0.2, 0.25) is 0 Å². The minimum Gasteiger partial charge on any atom is -0.316 e. The molecule has 0 aliphatic carbocycles. The van der Waals surface area contributed by atoms with Gasteiger partial charge in [-0.15, -0.1) is 0 Å². The molecule has 1 unspecified atom stereocenters. The van der Waals surface area contributed by atoms with Crippen molar-refractivity contribution in [2.75, 3.05) is 13.1 Å². The van der Waals surface area contributed by atoms with Gasteiger partial charge >= 0.3 is 0 Å². The van der Waals surface area contributed by atoms with Crippen molar-refractivity contribution in [3.05, 3.63) is 35.4 Å². The Morgan fingerprint density at radius 3 is 2.53 bits per heavy atom. The third-order valence-corrected chi connectivity index (χ3v) is 3.55. The molecule has 1 N–H and O–H groups in total. The molecular formula is C14H19F2N. The molecule has 1 atom stereocenters. The van der Waals surface area contributed by atoms with Crippen molar-refractivity contribution in [3.8, 4) is 0 Å². The summed E-state index contributed by atoms with van der Waals surface area (Å²) in [5.41, 5.74) is 1.31. The quantitative estimate of drug-likeness (QED) is 0.849. The van der Waals surface area contributed by atoms with E-state index >= 15 is 0 Å². The highest BCUT2D eigenvalue weighted by Gasteiger charge is 2.28. The molecule has 0 aromatic heterocycles. The van der Waals surface area contributed by atoms with Crippen molar-refractivity contribution < 1.29 is 8.78 Å². The van der Waals surface area contributed by atoms with Crippen LogP contribution >= 0.6 is 0 Å². The molecule has 3 heteroatoms.